The van der Waals surface area contributed by atoms with Gasteiger partial charge in [-0.3, -0.25) is 9.78 Å². The van der Waals surface area contributed by atoms with E-state index in [2.05, 4.69) is 4.98 Å². The molecule has 2 heterocycles. The Hall–Kier alpha value is -1.91. The summed E-state index contributed by atoms with van der Waals surface area (Å²) in [6, 6.07) is 3.12. The van der Waals surface area contributed by atoms with Gasteiger partial charge < -0.3 is 10.0 Å². The molecule has 0 spiro atoms. The highest BCUT2D eigenvalue weighted by molar-refractivity contribution is 5.86. The number of pyridine rings is 1. The monoisotopic (exact) mass is 288 g/mol. The number of aromatic nitrogens is 1. The van der Waals surface area contributed by atoms with Crippen LogP contribution in [0.5, 0.6) is 0 Å². The molecular formula is C16H20N2O3. The Balaban J connectivity index is 1.79. The van der Waals surface area contributed by atoms with E-state index in [1.165, 1.54) is 0 Å². The third kappa shape index (κ3) is 2.77. The van der Waals surface area contributed by atoms with Crippen LogP contribution in [0, 0.1) is 5.92 Å². The molecule has 1 amide bonds. The third-order valence-electron chi connectivity index (χ3n) is 4.74. The summed E-state index contributed by atoms with van der Waals surface area (Å²) in [6.45, 7) is 0. The molecule has 5 nitrogen and oxygen atoms in total. The van der Waals surface area contributed by atoms with E-state index in [0.29, 0.717) is 12.3 Å². The van der Waals surface area contributed by atoms with Gasteiger partial charge >= 0.3 is 5.97 Å². The van der Waals surface area contributed by atoms with E-state index >= 15 is 0 Å². The van der Waals surface area contributed by atoms with Crippen molar-refractivity contribution in [3.63, 3.8) is 0 Å². The molecule has 2 fully saturated rings. The van der Waals surface area contributed by atoms with Gasteiger partial charge in [0, 0.05) is 18.4 Å². The van der Waals surface area contributed by atoms with E-state index < -0.39 is 12.0 Å². The van der Waals surface area contributed by atoms with Gasteiger partial charge in [-0.05, 0) is 36.8 Å². The Bertz CT molecular complexity index is 532. The van der Waals surface area contributed by atoms with E-state index in [4.69, 9.17) is 0 Å². The molecule has 0 radical (unpaired) electrons. The zero-order chi connectivity index (χ0) is 14.8. The van der Waals surface area contributed by atoms with Crippen molar-refractivity contribution in [2.75, 3.05) is 0 Å². The van der Waals surface area contributed by atoms with E-state index in [9.17, 15) is 14.7 Å². The fourth-order valence-electron chi connectivity index (χ4n) is 3.81. The quantitative estimate of drug-likeness (QED) is 0.921. The van der Waals surface area contributed by atoms with Crippen molar-refractivity contribution in [3.05, 3.63) is 30.1 Å². The first-order valence-electron chi connectivity index (χ1n) is 7.59. The van der Waals surface area contributed by atoms with Crippen LogP contribution in [0.2, 0.25) is 0 Å². The molecule has 1 saturated carbocycles. The fourth-order valence-corrected chi connectivity index (χ4v) is 3.81. The molecule has 1 N–H and O–H groups in total. The van der Waals surface area contributed by atoms with Gasteiger partial charge in [0.25, 0.3) is 0 Å². The van der Waals surface area contributed by atoms with Crippen LogP contribution in [0.4, 0.5) is 0 Å². The Morgan fingerprint density at radius 3 is 2.86 bits per heavy atom. The summed E-state index contributed by atoms with van der Waals surface area (Å²) in [5, 5.41) is 9.44. The summed E-state index contributed by atoms with van der Waals surface area (Å²) in [7, 11) is 0. The molecule has 1 aromatic rings. The van der Waals surface area contributed by atoms with E-state index in [-0.39, 0.29) is 18.4 Å². The standard InChI is InChI=1S/C16H20N2O3/c19-15(8-11-4-3-7-17-10-11)18-13-6-2-1-5-12(13)9-14(18)16(20)21/h3-4,7,10,12-14H,1-2,5-6,8-9H2,(H,20,21). The number of aliphatic carboxylic acids is 1. The number of amides is 1. The molecule has 3 unspecified atom stereocenters. The Morgan fingerprint density at radius 2 is 2.14 bits per heavy atom. The summed E-state index contributed by atoms with van der Waals surface area (Å²) in [6.07, 6.45) is 8.41. The Morgan fingerprint density at radius 1 is 1.33 bits per heavy atom. The molecule has 1 aliphatic heterocycles. The lowest BCUT2D eigenvalue weighted by atomic mass is 9.84. The van der Waals surface area contributed by atoms with Crippen LogP contribution < -0.4 is 0 Å². The van der Waals surface area contributed by atoms with Crippen molar-refractivity contribution in [2.45, 2.75) is 50.6 Å². The number of hydrogen-bond donors (Lipinski definition) is 1. The van der Waals surface area contributed by atoms with Gasteiger partial charge in [-0.15, -0.1) is 0 Å². The highest BCUT2D eigenvalue weighted by atomic mass is 16.4. The second-order valence-corrected chi connectivity index (χ2v) is 6.04. The van der Waals surface area contributed by atoms with Crippen molar-refractivity contribution < 1.29 is 14.7 Å². The number of carboxylic acids is 1. The molecule has 2 aliphatic rings. The van der Waals surface area contributed by atoms with Crippen molar-refractivity contribution in [2.24, 2.45) is 5.92 Å². The molecule has 0 bridgehead atoms. The summed E-state index contributed by atoms with van der Waals surface area (Å²) >= 11 is 0. The zero-order valence-electron chi connectivity index (χ0n) is 11.9. The highest BCUT2D eigenvalue weighted by Crippen LogP contribution is 2.40. The molecular weight excluding hydrogens is 268 g/mol. The minimum Gasteiger partial charge on any atom is -0.480 e. The minimum absolute atomic E-state index is 0.0789. The maximum absolute atomic E-state index is 12.6. The van der Waals surface area contributed by atoms with Crippen LogP contribution >= 0.6 is 0 Å². The first kappa shape index (κ1) is 14.0. The predicted molar refractivity (Wildman–Crippen MR) is 76.6 cm³/mol. The average molecular weight is 288 g/mol. The predicted octanol–water partition coefficient (Wildman–Crippen LogP) is 1.87. The number of nitrogens with zero attached hydrogens (tertiary/aromatic N) is 2. The number of carbonyl (C=O) groups is 2. The van der Waals surface area contributed by atoms with Crippen molar-refractivity contribution in [1.29, 1.82) is 0 Å². The summed E-state index contributed by atoms with van der Waals surface area (Å²) in [5.41, 5.74) is 0.839. The molecule has 1 saturated heterocycles. The number of rotatable bonds is 3. The average Bonchev–Trinajstić information content (AvgIpc) is 2.88. The van der Waals surface area contributed by atoms with Gasteiger partial charge in [-0.25, -0.2) is 4.79 Å². The summed E-state index contributed by atoms with van der Waals surface area (Å²) in [5.74, 6) is -0.591. The second kappa shape index (κ2) is 5.84. The number of carboxylic acid groups (broad SMARTS) is 1. The number of fused-ring (bicyclic) bond motifs is 1. The lowest BCUT2D eigenvalue weighted by Gasteiger charge is -2.33. The molecule has 5 heteroatoms. The molecule has 1 aromatic heterocycles. The molecule has 0 aromatic carbocycles. The van der Waals surface area contributed by atoms with Gasteiger partial charge in [0.1, 0.15) is 6.04 Å². The Labute approximate surface area is 124 Å². The number of carbonyl (C=O) groups excluding carboxylic acids is 1. The van der Waals surface area contributed by atoms with Gasteiger partial charge in [-0.2, -0.15) is 0 Å². The molecule has 1 aliphatic carbocycles. The van der Waals surface area contributed by atoms with Crippen LogP contribution in [0.3, 0.4) is 0 Å². The van der Waals surface area contributed by atoms with Gasteiger partial charge in [0.05, 0.1) is 6.42 Å². The number of likely N-dealkylation sites (tertiary alicyclic amines) is 1. The molecule has 3 atom stereocenters. The van der Waals surface area contributed by atoms with E-state index in [1.807, 2.05) is 6.07 Å². The second-order valence-electron chi connectivity index (χ2n) is 6.04. The van der Waals surface area contributed by atoms with Gasteiger partial charge in [0.15, 0.2) is 0 Å². The maximum Gasteiger partial charge on any atom is 0.326 e. The van der Waals surface area contributed by atoms with Crippen LogP contribution in [0.25, 0.3) is 0 Å². The van der Waals surface area contributed by atoms with Crippen LogP contribution in [-0.4, -0.2) is 39.0 Å². The largest absolute Gasteiger partial charge is 0.480 e. The summed E-state index contributed by atoms with van der Waals surface area (Å²) < 4.78 is 0. The minimum atomic E-state index is -0.871. The third-order valence-corrected chi connectivity index (χ3v) is 4.74. The first-order chi connectivity index (χ1) is 10.2. The normalized spacial score (nSPS) is 28.2. The number of hydrogen-bond acceptors (Lipinski definition) is 3. The topological polar surface area (TPSA) is 70.5 Å². The van der Waals surface area contributed by atoms with Gasteiger partial charge in [0.2, 0.25) is 5.91 Å². The Kier molecular flexibility index (Phi) is 3.90. The molecule has 3 rings (SSSR count). The lowest BCUT2D eigenvalue weighted by Crippen LogP contribution is -2.46. The van der Waals surface area contributed by atoms with Crippen LogP contribution in [-0.2, 0) is 16.0 Å². The first-order valence-corrected chi connectivity index (χ1v) is 7.59. The van der Waals surface area contributed by atoms with E-state index in [0.717, 1.165) is 31.2 Å². The maximum atomic E-state index is 12.6. The summed E-state index contributed by atoms with van der Waals surface area (Å²) in [4.78, 5) is 29.8. The fraction of sp³-hybridized carbons (Fsp3) is 0.562. The van der Waals surface area contributed by atoms with Crippen molar-refractivity contribution >= 4 is 11.9 Å². The molecule has 21 heavy (non-hydrogen) atoms. The smallest absolute Gasteiger partial charge is 0.326 e. The van der Waals surface area contributed by atoms with Crippen molar-refractivity contribution in [3.8, 4) is 0 Å². The van der Waals surface area contributed by atoms with Gasteiger partial charge in [-0.1, -0.05) is 18.9 Å². The van der Waals surface area contributed by atoms with Crippen molar-refractivity contribution in [1.82, 2.24) is 9.88 Å². The van der Waals surface area contributed by atoms with Crippen LogP contribution in [0.1, 0.15) is 37.7 Å². The van der Waals surface area contributed by atoms with Crippen LogP contribution in [0.15, 0.2) is 24.5 Å². The highest BCUT2D eigenvalue weighted by Gasteiger charge is 2.47. The van der Waals surface area contributed by atoms with E-state index in [1.54, 1.807) is 23.4 Å². The zero-order valence-corrected chi connectivity index (χ0v) is 11.9. The SMILES string of the molecule is O=C(O)C1CC2CCCCC2N1C(=O)Cc1cccnc1. The molecule has 112 valence electrons. The lowest BCUT2D eigenvalue weighted by molar-refractivity contribution is -0.149.